The smallest absolute Gasteiger partial charge is 0.156 e. The molecule has 1 saturated heterocycles. The van der Waals surface area contributed by atoms with Crippen LogP contribution in [0.5, 0.6) is 5.75 Å². The monoisotopic (exact) mass is 316 g/mol. The normalized spacial score (nSPS) is 19.9. The van der Waals surface area contributed by atoms with Crippen molar-refractivity contribution >= 4 is 23.2 Å². The zero-order chi connectivity index (χ0) is 14.4. The molecule has 1 unspecified atom stereocenters. The van der Waals surface area contributed by atoms with Gasteiger partial charge in [-0.05, 0) is 51.5 Å². The van der Waals surface area contributed by atoms with Gasteiger partial charge in [-0.2, -0.15) is 0 Å². The standard InChI is InChI=1S/C15H22Cl2N2O/c1-19(12-4-3-8-18-9-7-12)10-11-20-15-13(16)5-2-6-14(15)17/h2,5-6,12,18H,3-4,7-11H2,1H3. The molecule has 5 heteroatoms. The number of likely N-dealkylation sites (N-methyl/N-ethyl adjacent to an activating group) is 1. The lowest BCUT2D eigenvalue weighted by Crippen LogP contribution is -2.35. The largest absolute Gasteiger partial charge is 0.489 e. The Bertz CT molecular complexity index is 400. The first-order chi connectivity index (χ1) is 9.68. The number of nitrogens with zero attached hydrogens (tertiary/aromatic N) is 1. The van der Waals surface area contributed by atoms with Gasteiger partial charge < -0.3 is 10.1 Å². The number of nitrogens with one attached hydrogen (secondary N) is 1. The van der Waals surface area contributed by atoms with Crippen LogP contribution in [0.15, 0.2) is 18.2 Å². The van der Waals surface area contributed by atoms with E-state index in [2.05, 4.69) is 17.3 Å². The van der Waals surface area contributed by atoms with Gasteiger partial charge in [0.1, 0.15) is 6.61 Å². The predicted molar refractivity (Wildman–Crippen MR) is 85.1 cm³/mol. The summed E-state index contributed by atoms with van der Waals surface area (Å²) in [5.41, 5.74) is 0. The van der Waals surface area contributed by atoms with Crippen LogP contribution in [0.1, 0.15) is 19.3 Å². The summed E-state index contributed by atoms with van der Waals surface area (Å²) < 4.78 is 5.74. The molecule has 1 aromatic rings. The molecule has 1 heterocycles. The first kappa shape index (κ1) is 15.9. The maximum absolute atomic E-state index is 6.08. The van der Waals surface area contributed by atoms with Gasteiger partial charge in [0.25, 0.3) is 0 Å². The van der Waals surface area contributed by atoms with Crippen molar-refractivity contribution in [3.63, 3.8) is 0 Å². The summed E-state index contributed by atoms with van der Waals surface area (Å²) >= 11 is 12.2. The van der Waals surface area contributed by atoms with E-state index in [1.165, 1.54) is 19.3 Å². The van der Waals surface area contributed by atoms with Gasteiger partial charge in [0.2, 0.25) is 0 Å². The molecule has 1 atom stereocenters. The van der Waals surface area contributed by atoms with Gasteiger partial charge in [0.05, 0.1) is 10.0 Å². The lowest BCUT2D eigenvalue weighted by atomic mass is 10.1. The van der Waals surface area contributed by atoms with Crippen LogP contribution in [-0.2, 0) is 0 Å². The van der Waals surface area contributed by atoms with Crippen molar-refractivity contribution < 1.29 is 4.74 Å². The highest BCUT2D eigenvalue weighted by Crippen LogP contribution is 2.32. The topological polar surface area (TPSA) is 24.5 Å². The lowest BCUT2D eigenvalue weighted by Gasteiger charge is -2.26. The van der Waals surface area contributed by atoms with Gasteiger partial charge in [-0.3, -0.25) is 4.90 Å². The SMILES string of the molecule is CN(CCOc1c(Cl)cccc1Cl)C1CCCNCC1. The van der Waals surface area contributed by atoms with E-state index in [1.54, 1.807) is 12.1 Å². The van der Waals surface area contributed by atoms with Crippen molar-refractivity contribution in [2.75, 3.05) is 33.3 Å². The molecule has 2 rings (SSSR count). The van der Waals surface area contributed by atoms with E-state index in [0.717, 1.165) is 19.6 Å². The maximum atomic E-state index is 6.08. The summed E-state index contributed by atoms with van der Waals surface area (Å²) in [6, 6.07) is 6.05. The van der Waals surface area contributed by atoms with Gasteiger partial charge >= 0.3 is 0 Å². The van der Waals surface area contributed by atoms with Crippen molar-refractivity contribution in [2.45, 2.75) is 25.3 Å². The minimum Gasteiger partial charge on any atom is -0.489 e. The van der Waals surface area contributed by atoms with Crippen molar-refractivity contribution in [3.8, 4) is 5.75 Å². The third-order valence-corrected chi connectivity index (χ3v) is 4.37. The lowest BCUT2D eigenvalue weighted by molar-refractivity contribution is 0.180. The molecule has 0 aromatic heterocycles. The highest BCUT2D eigenvalue weighted by molar-refractivity contribution is 6.37. The van der Waals surface area contributed by atoms with E-state index in [0.29, 0.717) is 28.4 Å². The molecule has 20 heavy (non-hydrogen) atoms. The van der Waals surface area contributed by atoms with Gasteiger partial charge in [-0.25, -0.2) is 0 Å². The fourth-order valence-corrected chi connectivity index (χ4v) is 3.04. The number of rotatable bonds is 5. The Morgan fingerprint density at radius 1 is 1.25 bits per heavy atom. The highest BCUT2D eigenvalue weighted by atomic mass is 35.5. The summed E-state index contributed by atoms with van der Waals surface area (Å²) in [6.07, 6.45) is 3.69. The molecule has 0 bridgehead atoms. The third kappa shape index (κ3) is 4.52. The van der Waals surface area contributed by atoms with E-state index >= 15 is 0 Å². The molecule has 1 aliphatic heterocycles. The molecular weight excluding hydrogens is 295 g/mol. The van der Waals surface area contributed by atoms with Crippen molar-refractivity contribution in [1.82, 2.24) is 10.2 Å². The summed E-state index contributed by atoms with van der Waals surface area (Å²) in [5.74, 6) is 0.590. The van der Waals surface area contributed by atoms with Crippen molar-refractivity contribution in [2.24, 2.45) is 0 Å². The number of hydrogen-bond donors (Lipinski definition) is 1. The number of halogens is 2. The molecule has 0 amide bonds. The number of ether oxygens (including phenoxy) is 1. The quantitative estimate of drug-likeness (QED) is 0.900. The van der Waals surface area contributed by atoms with E-state index in [9.17, 15) is 0 Å². The van der Waals surface area contributed by atoms with E-state index in [-0.39, 0.29) is 0 Å². The Morgan fingerprint density at radius 3 is 2.75 bits per heavy atom. The summed E-state index contributed by atoms with van der Waals surface area (Å²) in [5, 5.41) is 4.57. The van der Waals surface area contributed by atoms with Crippen LogP contribution < -0.4 is 10.1 Å². The Labute approximate surface area is 131 Å². The Morgan fingerprint density at radius 2 is 2.00 bits per heavy atom. The molecule has 0 saturated carbocycles. The second kappa shape index (κ2) is 8.08. The zero-order valence-electron chi connectivity index (χ0n) is 11.9. The average Bonchev–Trinajstić information content (AvgIpc) is 2.71. The first-order valence-electron chi connectivity index (χ1n) is 7.16. The number of benzene rings is 1. The molecule has 1 fully saturated rings. The van der Waals surface area contributed by atoms with Crippen LogP contribution >= 0.6 is 23.2 Å². The summed E-state index contributed by atoms with van der Waals surface area (Å²) in [4.78, 5) is 2.37. The zero-order valence-corrected chi connectivity index (χ0v) is 13.4. The van der Waals surface area contributed by atoms with E-state index < -0.39 is 0 Å². The van der Waals surface area contributed by atoms with Crippen LogP contribution in [0, 0.1) is 0 Å². The van der Waals surface area contributed by atoms with Gasteiger partial charge in [-0.1, -0.05) is 29.3 Å². The fourth-order valence-electron chi connectivity index (χ4n) is 2.54. The molecule has 112 valence electrons. The van der Waals surface area contributed by atoms with Crippen LogP contribution in [0.25, 0.3) is 0 Å². The first-order valence-corrected chi connectivity index (χ1v) is 7.92. The van der Waals surface area contributed by atoms with Gasteiger partial charge in [-0.15, -0.1) is 0 Å². The van der Waals surface area contributed by atoms with Gasteiger partial charge in [0.15, 0.2) is 5.75 Å². The molecule has 0 spiro atoms. The molecule has 0 radical (unpaired) electrons. The fraction of sp³-hybridized carbons (Fsp3) is 0.600. The second-order valence-corrected chi connectivity index (χ2v) is 6.03. The van der Waals surface area contributed by atoms with E-state index in [4.69, 9.17) is 27.9 Å². The van der Waals surface area contributed by atoms with Crippen molar-refractivity contribution in [3.05, 3.63) is 28.2 Å². The van der Waals surface area contributed by atoms with Crippen molar-refractivity contribution in [1.29, 1.82) is 0 Å². The summed E-state index contributed by atoms with van der Waals surface area (Å²) in [7, 11) is 2.16. The van der Waals surface area contributed by atoms with Crippen LogP contribution in [-0.4, -0.2) is 44.2 Å². The second-order valence-electron chi connectivity index (χ2n) is 5.21. The Kier molecular flexibility index (Phi) is 6.43. The molecular formula is C15H22Cl2N2O. The number of para-hydroxylation sites is 1. The van der Waals surface area contributed by atoms with Crippen LogP contribution in [0.4, 0.5) is 0 Å². The molecule has 1 N–H and O–H groups in total. The molecule has 1 aromatic carbocycles. The minimum absolute atomic E-state index is 0.568. The molecule has 0 aliphatic carbocycles. The highest BCUT2D eigenvalue weighted by Gasteiger charge is 2.16. The van der Waals surface area contributed by atoms with Gasteiger partial charge in [0, 0.05) is 12.6 Å². The van der Waals surface area contributed by atoms with E-state index in [1.807, 2.05) is 6.07 Å². The summed E-state index contributed by atoms with van der Waals surface area (Å²) in [6.45, 7) is 3.72. The average molecular weight is 317 g/mol. The Balaban J connectivity index is 1.80. The Hall–Kier alpha value is -0.480. The maximum Gasteiger partial charge on any atom is 0.156 e. The van der Waals surface area contributed by atoms with Crippen LogP contribution in [0.3, 0.4) is 0 Å². The molecule has 3 nitrogen and oxygen atoms in total. The number of hydrogen-bond acceptors (Lipinski definition) is 3. The van der Waals surface area contributed by atoms with Crippen LogP contribution in [0.2, 0.25) is 10.0 Å². The third-order valence-electron chi connectivity index (χ3n) is 3.78. The minimum atomic E-state index is 0.568. The molecule has 1 aliphatic rings. The predicted octanol–water partition coefficient (Wildman–Crippen LogP) is 3.45.